The minimum Gasteiger partial charge on any atom is -0.397 e. The summed E-state index contributed by atoms with van der Waals surface area (Å²) in [5.74, 6) is -0.339. The van der Waals surface area contributed by atoms with Crippen LogP contribution in [0, 0.1) is 0 Å². The van der Waals surface area contributed by atoms with Gasteiger partial charge in [0.2, 0.25) is 5.91 Å². The molecule has 0 aliphatic rings. The van der Waals surface area contributed by atoms with Crippen molar-refractivity contribution in [1.29, 1.82) is 0 Å². The van der Waals surface area contributed by atoms with Crippen molar-refractivity contribution >= 4 is 38.9 Å². The molecule has 6 nitrogen and oxygen atoms in total. The van der Waals surface area contributed by atoms with Gasteiger partial charge in [0.25, 0.3) is 5.91 Å². The summed E-state index contributed by atoms with van der Waals surface area (Å²) in [5.41, 5.74) is 6.42. The minimum atomic E-state index is -0.256. The van der Waals surface area contributed by atoms with Gasteiger partial charge in [-0.25, -0.2) is 0 Å². The maximum atomic E-state index is 12.0. The molecule has 2 aromatic heterocycles. The van der Waals surface area contributed by atoms with Crippen LogP contribution in [0.3, 0.4) is 0 Å². The molecule has 106 valence electrons. The van der Waals surface area contributed by atoms with E-state index in [1.165, 1.54) is 11.3 Å². The molecule has 2 rings (SSSR count). The molecule has 0 fully saturated rings. The van der Waals surface area contributed by atoms with Gasteiger partial charge >= 0.3 is 0 Å². The third-order valence-corrected chi connectivity index (χ3v) is 3.90. The van der Waals surface area contributed by atoms with Gasteiger partial charge in [-0.1, -0.05) is 0 Å². The van der Waals surface area contributed by atoms with Crippen LogP contribution >= 0.6 is 11.3 Å². The molecule has 0 unspecified atom stereocenters. The largest absolute Gasteiger partial charge is 0.397 e. The van der Waals surface area contributed by atoms with Gasteiger partial charge in [0.15, 0.2) is 0 Å². The Labute approximate surface area is 120 Å². The number of nitrogens with one attached hydrogen (secondary N) is 2. The minimum absolute atomic E-state index is 0.0821. The number of nitrogen functional groups attached to an aromatic ring is 1. The van der Waals surface area contributed by atoms with Gasteiger partial charge in [-0.15, -0.1) is 11.3 Å². The van der Waals surface area contributed by atoms with Crippen molar-refractivity contribution in [3.8, 4) is 0 Å². The summed E-state index contributed by atoms with van der Waals surface area (Å²) >= 11 is 1.30. The van der Waals surface area contributed by atoms with Crippen LogP contribution in [0.1, 0.15) is 23.0 Å². The molecular formula is C13H16N4O2S. The number of thiophene rings is 1. The lowest BCUT2D eigenvalue weighted by molar-refractivity contribution is -0.120. The highest BCUT2D eigenvalue weighted by Crippen LogP contribution is 2.32. The van der Waals surface area contributed by atoms with E-state index in [0.717, 1.165) is 10.1 Å². The first kappa shape index (κ1) is 14.3. The van der Waals surface area contributed by atoms with E-state index in [1.807, 2.05) is 6.92 Å². The van der Waals surface area contributed by atoms with Gasteiger partial charge in [-0.3, -0.25) is 14.6 Å². The van der Waals surface area contributed by atoms with E-state index in [2.05, 4.69) is 15.6 Å². The lowest BCUT2D eigenvalue weighted by Gasteiger charge is -2.04. The fraction of sp³-hybridized carbons (Fsp3) is 0.308. The number of pyridine rings is 1. The second-order valence-electron chi connectivity index (χ2n) is 4.18. The molecule has 4 N–H and O–H groups in total. The van der Waals surface area contributed by atoms with Gasteiger partial charge in [-0.05, 0) is 13.0 Å². The summed E-state index contributed by atoms with van der Waals surface area (Å²) in [4.78, 5) is 27.8. The fourth-order valence-electron chi connectivity index (χ4n) is 1.80. The van der Waals surface area contributed by atoms with E-state index in [9.17, 15) is 9.59 Å². The van der Waals surface area contributed by atoms with E-state index in [1.54, 1.807) is 18.5 Å². The van der Waals surface area contributed by atoms with Gasteiger partial charge in [-0.2, -0.15) is 0 Å². The van der Waals surface area contributed by atoms with Crippen LogP contribution in [0.5, 0.6) is 0 Å². The first-order chi connectivity index (χ1) is 9.63. The molecular weight excluding hydrogens is 276 g/mol. The first-order valence-electron chi connectivity index (χ1n) is 6.30. The molecule has 0 radical (unpaired) electrons. The number of rotatable bonds is 5. The molecule has 2 heterocycles. The third kappa shape index (κ3) is 3.05. The quantitative estimate of drug-likeness (QED) is 0.769. The van der Waals surface area contributed by atoms with E-state index in [0.29, 0.717) is 17.1 Å². The number of aromatic nitrogens is 1. The Morgan fingerprint density at radius 3 is 2.90 bits per heavy atom. The van der Waals surface area contributed by atoms with E-state index >= 15 is 0 Å². The number of carbonyl (C=O) groups excluding carboxylic acids is 2. The molecule has 0 bridgehead atoms. The number of amides is 2. The van der Waals surface area contributed by atoms with Crippen LogP contribution in [-0.2, 0) is 4.79 Å². The van der Waals surface area contributed by atoms with Gasteiger partial charge in [0.05, 0.1) is 10.4 Å². The van der Waals surface area contributed by atoms with E-state index < -0.39 is 0 Å². The predicted molar refractivity (Wildman–Crippen MR) is 79.7 cm³/mol. The van der Waals surface area contributed by atoms with Gasteiger partial charge in [0, 0.05) is 37.3 Å². The summed E-state index contributed by atoms with van der Waals surface area (Å²) in [5, 5.41) is 6.20. The number of hydrogen-bond donors (Lipinski definition) is 3. The average Bonchev–Trinajstić information content (AvgIpc) is 2.77. The van der Waals surface area contributed by atoms with Gasteiger partial charge < -0.3 is 16.4 Å². The Balaban J connectivity index is 2.01. The predicted octanol–water partition coefficient (Wildman–Crippen LogP) is 1.13. The second-order valence-corrected chi connectivity index (χ2v) is 5.23. The highest BCUT2D eigenvalue weighted by molar-refractivity contribution is 7.21. The number of nitrogens with two attached hydrogens (primary N) is 1. The zero-order chi connectivity index (χ0) is 14.5. The Kier molecular flexibility index (Phi) is 4.52. The van der Waals surface area contributed by atoms with Crippen LogP contribution in [0.4, 0.5) is 5.69 Å². The Bertz CT molecular complexity index is 638. The van der Waals surface area contributed by atoms with Crippen LogP contribution in [-0.4, -0.2) is 29.9 Å². The van der Waals surface area contributed by atoms with Crippen molar-refractivity contribution in [3.63, 3.8) is 0 Å². The Morgan fingerprint density at radius 2 is 2.20 bits per heavy atom. The lowest BCUT2D eigenvalue weighted by Crippen LogP contribution is -2.30. The van der Waals surface area contributed by atoms with Crippen LogP contribution in [0.15, 0.2) is 18.5 Å². The lowest BCUT2D eigenvalue weighted by atomic mass is 10.2. The molecule has 0 aliphatic heterocycles. The normalized spacial score (nSPS) is 10.4. The number of hydrogen-bond acceptors (Lipinski definition) is 5. The number of anilines is 1. The van der Waals surface area contributed by atoms with Crippen LogP contribution < -0.4 is 16.4 Å². The molecule has 7 heteroatoms. The maximum absolute atomic E-state index is 12.0. The molecule has 2 amide bonds. The summed E-state index contributed by atoms with van der Waals surface area (Å²) < 4.78 is 0.874. The molecule has 2 aromatic rings. The Morgan fingerprint density at radius 1 is 1.40 bits per heavy atom. The van der Waals surface area contributed by atoms with Crippen LogP contribution in [0.25, 0.3) is 10.1 Å². The van der Waals surface area contributed by atoms with E-state index in [-0.39, 0.29) is 24.8 Å². The Hall–Kier alpha value is -2.15. The monoisotopic (exact) mass is 292 g/mol. The van der Waals surface area contributed by atoms with Crippen molar-refractivity contribution in [2.45, 2.75) is 13.3 Å². The van der Waals surface area contributed by atoms with Gasteiger partial charge in [0.1, 0.15) is 4.88 Å². The topological polar surface area (TPSA) is 97.1 Å². The molecule has 0 aromatic carbocycles. The van der Waals surface area contributed by atoms with Crippen molar-refractivity contribution in [3.05, 3.63) is 23.3 Å². The van der Waals surface area contributed by atoms with Crippen molar-refractivity contribution in [2.24, 2.45) is 0 Å². The summed E-state index contributed by atoms with van der Waals surface area (Å²) in [6, 6.07) is 1.78. The van der Waals surface area contributed by atoms with Crippen LogP contribution in [0.2, 0.25) is 0 Å². The smallest absolute Gasteiger partial charge is 0.263 e. The highest BCUT2D eigenvalue weighted by Gasteiger charge is 2.16. The van der Waals surface area contributed by atoms with Crippen molar-refractivity contribution in [1.82, 2.24) is 15.6 Å². The summed E-state index contributed by atoms with van der Waals surface area (Å²) in [6.07, 6.45) is 3.58. The highest BCUT2D eigenvalue weighted by atomic mass is 32.1. The number of carbonyl (C=O) groups is 2. The number of nitrogens with zero attached hydrogens (tertiary/aromatic N) is 1. The molecule has 0 atom stereocenters. The molecule has 20 heavy (non-hydrogen) atoms. The first-order valence-corrected chi connectivity index (χ1v) is 7.12. The molecule has 0 aliphatic carbocycles. The van der Waals surface area contributed by atoms with E-state index in [4.69, 9.17) is 5.73 Å². The number of fused-ring (bicyclic) bond motifs is 1. The zero-order valence-corrected chi connectivity index (χ0v) is 11.9. The average molecular weight is 292 g/mol. The SMILES string of the molecule is CCNC(=O)CCNC(=O)c1sc2cnccc2c1N. The zero-order valence-electron chi connectivity index (χ0n) is 11.1. The molecule has 0 saturated heterocycles. The standard InChI is InChI=1S/C13H16N4O2S/c1-2-16-10(18)4-6-17-13(19)12-11(14)8-3-5-15-7-9(8)20-12/h3,5,7H,2,4,6,14H2,1H3,(H,16,18)(H,17,19). The maximum Gasteiger partial charge on any atom is 0.263 e. The molecule has 0 spiro atoms. The third-order valence-electron chi connectivity index (χ3n) is 2.75. The van der Waals surface area contributed by atoms with Crippen molar-refractivity contribution < 1.29 is 9.59 Å². The fourth-order valence-corrected chi connectivity index (χ4v) is 2.80. The second kappa shape index (κ2) is 6.33. The summed E-state index contributed by atoms with van der Waals surface area (Å²) in [7, 11) is 0. The van der Waals surface area contributed by atoms with Crippen molar-refractivity contribution in [2.75, 3.05) is 18.8 Å². The molecule has 0 saturated carbocycles. The summed E-state index contributed by atoms with van der Waals surface area (Å²) in [6.45, 7) is 2.72.